The molecule has 3 fully saturated rings. The van der Waals surface area contributed by atoms with Gasteiger partial charge in [0.25, 0.3) is 0 Å². The highest BCUT2D eigenvalue weighted by Gasteiger charge is 2.51. The number of nitrogens with zero attached hydrogens (tertiary/aromatic N) is 3. The van der Waals surface area contributed by atoms with Crippen LogP contribution in [0.25, 0.3) is 0 Å². The van der Waals surface area contributed by atoms with E-state index in [0.29, 0.717) is 44.9 Å². The maximum absolute atomic E-state index is 14.0. The van der Waals surface area contributed by atoms with E-state index in [1.54, 1.807) is 12.0 Å². The van der Waals surface area contributed by atoms with Gasteiger partial charge in [-0.25, -0.2) is 9.59 Å². The number of rotatable bonds is 5. The highest BCUT2D eigenvalue weighted by atomic mass is 16.6. The van der Waals surface area contributed by atoms with Gasteiger partial charge in [-0.15, -0.1) is 0 Å². The van der Waals surface area contributed by atoms with Crippen molar-refractivity contribution < 1.29 is 19.1 Å². The molecule has 0 atom stereocenters. The van der Waals surface area contributed by atoms with Gasteiger partial charge in [0.2, 0.25) is 0 Å². The molecule has 0 aliphatic carbocycles. The van der Waals surface area contributed by atoms with Gasteiger partial charge >= 0.3 is 12.1 Å². The third kappa shape index (κ3) is 5.44. The molecule has 2 aromatic carbocycles. The fraction of sp³-hybridized carbons (Fsp3) is 0.517. The first-order chi connectivity index (χ1) is 18.2. The molecule has 3 heterocycles. The van der Waals surface area contributed by atoms with Gasteiger partial charge in [0.15, 0.2) is 0 Å². The Morgan fingerprint density at radius 2 is 1.74 bits per heavy atom. The van der Waals surface area contributed by atoms with E-state index in [1.807, 2.05) is 54.8 Å². The lowest BCUT2D eigenvalue weighted by molar-refractivity contribution is 0.00785. The van der Waals surface area contributed by atoms with Crippen molar-refractivity contribution in [1.29, 1.82) is 0 Å². The number of carbonyl (C=O) groups excluding carboxylic acids is 2. The number of ether oxygens (including phenoxy) is 2. The van der Waals surface area contributed by atoms with E-state index in [4.69, 9.17) is 9.47 Å². The Bertz CT molecular complexity index is 1150. The summed E-state index contributed by atoms with van der Waals surface area (Å²) >= 11 is 0. The molecule has 0 aromatic heterocycles. The maximum atomic E-state index is 14.0. The molecule has 0 radical (unpaired) electrons. The Hall–Kier alpha value is -3.30. The van der Waals surface area contributed by atoms with Crippen LogP contribution in [-0.2, 0) is 11.3 Å². The summed E-state index contributed by atoms with van der Waals surface area (Å²) in [6.07, 6.45) is 1.09. The second-order valence-electron chi connectivity index (χ2n) is 11.5. The second kappa shape index (κ2) is 10.5. The molecule has 3 amide bonds. The predicted molar refractivity (Wildman–Crippen MR) is 146 cm³/mol. The Morgan fingerprint density at radius 1 is 1.05 bits per heavy atom. The molecule has 0 saturated carbocycles. The van der Waals surface area contributed by atoms with Gasteiger partial charge in [-0.2, -0.15) is 0 Å². The number of piperidine rings is 1. The van der Waals surface area contributed by atoms with E-state index in [-0.39, 0.29) is 17.7 Å². The zero-order valence-electron chi connectivity index (χ0n) is 22.8. The lowest BCUT2D eigenvalue weighted by Gasteiger charge is -2.43. The van der Waals surface area contributed by atoms with Crippen molar-refractivity contribution in [3.63, 3.8) is 0 Å². The largest absolute Gasteiger partial charge is 0.497 e. The minimum atomic E-state index is -0.540. The van der Waals surface area contributed by atoms with Gasteiger partial charge in [0, 0.05) is 44.3 Å². The van der Waals surface area contributed by atoms with Crippen molar-refractivity contribution in [2.45, 2.75) is 57.2 Å². The molecule has 0 unspecified atom stereocenters. The van der Waals surface area contributed by atoms with Gasteiger partial charge in [-0.3, -0.25) is 15.8 Å². The molecule has 3 aliphatic rings. The molecular formula is C29H39N5O4. The first-order valence-electron chi connectivity index (χ1n) is 13.4. The highest BCUT2D eigenvalue weighted by molar-refractivity contribution is 5.95. The van der Waals surface area contributed by atoms with Gasteiger partial charge in [-0.05, 0) is 69.0 Å². The highest BCUT2D eigenvalue weighted by Crippen LogP contribution is 2.40. The zero-order valence-corrected chi connectivity index (χ0v) is 22.8. The normalized spacial score (nSPS) is 19.9. The summed E-state index contributed by atoms with van der Waals surface area (Å²) in [6, 6.07) is 16.3. The average molecular weight is 522 g/mol. The van der Waals surface area contributed by atoms with E-state index < -0.39 is 5.60 Å². The third-order valence-electron chi connectivity index (χ3n) is 7.81. The maximum Gasteiger partial charge on any atom is 0.410 e. The molecule has 1 spiro atoms. The number of hydrogen-bond donors (Lipinski definition) is 2. The summed E-state index contributed by atoms with van der Waals surface area (Å²) in [7, 11) is 1.65. The minimum absolute atomic E-state index is 0.00418. The van der Waals surface area contributed by atoms with Crippen molar-refractivity contribution in [3.05, 3.63) is 59.7 Å². The predicted octanol–water partition coefficient (Wildman–Crippen LogP) is 4.10. The Morgan fingerprint density at radius 3 is 2.37 bits per heavy atom. The molecule has 204 valence electrons. The number of amides is 3. The summed E-state index contributed by atoms with van der Waals surface area (Å²) in [5.74, 6) is 1.19. The number of carbonyl (C=O) groups is 2. The Kier molecular flexibility index (Phi) is 7.24. The van der Waals surface area contributed by atoms with Crippen LogP contribution in [0.1, 0.15) is 50.7 Å². The number of anilines is 1. The van der Waals surface area contributed by atoms with Gasteiger partial charge in [-0.1, -0.05) is 24.3 Å². The first kappa shape index (κ1) is 26.3. The Balaban J connectivity index is 1.38. The summed E-state index contributed by atoms with van der Waals surface area (Å²) in [6.45, 7) is 9.60. The topological polar surface area (TPSA) is 86.4 Å². The molecule has 2 N–H and O–H groups in total. The zero-order chi connectivity index (χ0) is 26.9. The van der Waals surface area contributed by atoms with Crippen LogP contribution in [0.2, 0.25) is 0 Å². The second-order valence-corrected chi connectivity index (χ2v) is 11.5. The fourth-order valence-corrected chi connectivity index (χ4v) is 5.67. The van der Waals surface area contributed by atoms with Crippen LogP contribution in [0.15, 0.2) is 48.5 Å². The van der Waals surface area contributed by atoms with E-state index in [9.17, 15) is 9.59 Å². The van der Waals surface area contributed by atoms with Crippen LogP contribution < -0.4 is 20.5 Å². The van der Waals surface area contributed by atoms with Crippen LogP contribution >= 0.6 is 0 Å². The smallest absolute Gasteiger partial charge is 0.410 e. The number of urea groups is 1. The number of likely N-dealkylation sites (tertiary alicyclic amines) is 1. The number of hydrazine groups is 1. The van der Waals surface area contributed by atoms with Crippen LogP contribution in [-0.4, -0.2) is 72.9 Å². The minimum Gasteiger partial charge on any atom is -0.497 e. The number of nitrogens with one attached hydrogen (secondary N) is 2. The molecular weight excluding hydrogens is 482 g/mol. The lowest BCUT2D eigenvalue weighted by atomic mass is 9.86. The lowest BCUT2D eigenvalue weighted by Crippen LogP contribution is -2.55. The van der Waals surface area contributed by atoms with Crippen molar-refractivity contribution >= 4 is 17.8 Å². The van der Waals surface area contributed by atoms with E-state index in [2.05, 4.69) is 35.1 Å². The van der Waals surface area contributed by atoms with Crippen LogP contribution in [0.4, 0.5) is 15.3 Å². The molecule has 5 rings (SSSR count). The molecule has 2 aromatic rings. The molecule has 9 nitrogen and oxygen atoms in total. The summed E-state index contributed by atoms with van der Waals surface area (Å²) in [5.41, 5.74) is 8.62. The van der Waals surface area contributed by atoms with Gasteiger partial charge in [0.1, 0.15) is 11.4 Å². The number of methoxy groups -OCH3 is 1. The van der Waals surface area contributed by atoms with Crippen molar-refractivity contribution in [3.8, 4) is 5.75 Å². The SMILES string of the molecule is COc1cccc(CN2C(=O)N(c3ccc(C4CNNC4)cc3)CC23CCN(C(=O)OC(C)(C)C)CC3)c1. The van der Waals surface area contributed by atoms with Gasteiger partial charge < -0.3 is 19.3 Å². The van der Waals surface area contributed by atoms with Crippen LogP contribution in [0.5, 0.6) is 5.75 Å². The Labute approximate surface area is 225 Å². The summed E-state index contributed by atoms with van der Waals surface area (Å²) in [5, 5.41) is 0. The molecule has 9 heteroatoms. The number of benzene rings is 2. The van der Waals surface area contributed by atoms with E-state index in [1.165, 1.54) is 5.56 Å². The van der Waals surface area contributed by atoms with Crippen molar-refractivity contribution in [2.24, 2.45) is 0 Å². The fourth-order valence-electron chi connectivity index (χ4n) is 5.67. The van der Waals surface area contributed by atoms with Crippen LogP contribution in [0, 0.1) is 0 Å². The number of hydrogen-bond acceptors (Lipinski definition) is 6. The molecule has 38 heavy (non-hydrogen) atoms. The van der Waals surface area contributed by atoms with E-state index >= 15 is 0 Å². The third-order valence-corrected chi connectivity index (χ3v) is 7.81. The monoisotopic (exact) mass is 521 g/mol. The van der Waals surface area contributed by atoms with E-state index in [0.717, 1.165) is 30.1 Å². The van der Waals surface area contributed by atoms with Gasteiger partial charge in [0.05, 0.1) is 19.2 Å². The average Bonchev–Trinajstić information content (AvgIpc) is 3.52. The van der Waals surface area contributed by atoms with Crippen LogP contribution in [0.3, 0.4) is 0 Å². The quantitative estimate of drug-likeness (QED) is 0.616. The molecule has 3 aliphatic heterocycles. The first-order valence-corrected chi connectivity index (χ1v) is 13.4. The summed E-state index contributed by atoms with van der Waals surface area (Å²) in [4.78, 5) is 32.4. The molecule has 3 saturated heterocycles. The standard InChI is InChI=1S/C29H39N5O4/c1-28(2,3)38-27(36)32-14-12-29(13-15-32)20-33(24-10-8-22(9-11-24)23-17-30-31-18-23)26(35)34(29)19-21-6-5-7-25(16-21)37-4/h5-11,16,23,30-31H,12-15,17-20H2,1-4H3. The van der Waals surface area contributed by atoms with Crippen molar-refractivity contribution in [2.75, 3.05) is 44.7 Å². The molecule has 0 bridgehead atoms. The summed E-state index contributed by atoms with van der Waals surface area (Å²) < 4.78 is 11.0. The van der Waals surface area contributed by atoms with Crippen molar-refractivity contribution in [1.82, 2.24) is 20.7 Å².